The minimum Gasteiger partial charge on any atom is -0.349 e. The summed E-state index contributed by atoms with van der Waals surface area (Å²) >= 11 is 1.59. The van der Waals surface area contributed by atoms with Crippen LogP contribution < -0.4 is 5.32 Å². The topological polar surface area (TPSA) is 42.0 Å². The van der Waals surface area contributed by atoms with Crippen molar-refractivity contribution in [2.24, 2.45) is 5.92 Å². The van der Waals surface area contributed by atoms with Crippen LogP contribution in [-0.2, 0) is 17.8 Å². The number of hydrogen-bond donors (Lipinski definition) is 1. The van der Waals surface area contributed by atoms with Crippen molar-refractivity contribution < 1.29 is 9.18 Å². The molecular weight excluding hydrogens is 287 g/mol. The van der Waals surface area contributed by atoms with E-state index in [0.717, 1.165) is 27.6 Å². The van der Waals surface area contributed by atoms with Gasteiger partial charge in [-0.15, -0.1) is 11.3 Å². The highest BCUT2D eigenvalue weighted by Crippen LogP contribution is 2.21. The third kappa shape index (κ3) is 4.36. The molecule has 0 bridgehead atoms. The monoisotopic (exact) mass is 306 g/mol. The molecule has 0 fully saturated rings. The first-order chi connectivity index (χ1) is 9.95. The maximum atomic E-state index is 12.9. The molecule has 1 N–H and O–H groups in total. The smallest absolute Gasteiger partial charge is 0.222 e. The summed E-state index contributed by atoms with van der Waals surface area (Å²) in [6.45, 7) is 6.15. The fraction of sp³-hybridized carbons (Fsp3) is 0.375. The van der Waals surface area contributed by atoms with Gasteiger partial charge in [0.15, 0.2) is 0 Å². The molecule has 1 aromatic heterocycles. The lowest BCUT2D eigenvalue weighted by molar-refractivity contribution is -0.124. The van der Waals surface area contributed by atoms with Crippen molar-refractivity contribution in [3.63, 3.8) is 0 Å². The van der Waals surface area contributed by atoms with Gasteiger partial charge in [-0.25, -0.2) is 9.37 Å². The lowest BCUT2D eigenvalue weighted by Gasteiger charge is -2.04. The fourth-order valence-corrected chi connectivity index (χ4v) is 2.93. The fourth-order valence-electron chi connectivity index (χ4n) is 1.88. The summed E-state index contributed by atoms with van der Waals surface area (Å²) < 4.78 is 12.9. The summed E-state index contributed by atoms with van der Waals surface area (Å²) in [4.78, 5) is 17.2. The summed E-state index contributed by atoms with van der Waals surface area (Å²) in [7, 11) is 0. The first-order valence-electron chi connectivity index (χ1n) is 6.93. The van der Waals surface area contributed by atoms with Gasteiger partial charge in [-0.3, -0.25) is 4.79 Å². The van der Waals surface area contributed by atoms with Crippen LogP contribution in [0.2, 0.25) is 0 Å². The molecule has 1 aromatic carbocycles. The third-order valence-electron chi connectivity index (χ3n) is 3.15. The molecule has 0 saturated carbocycles. The van der Waals surface area contributed by atoms with E-state index in [0.29, 0.717) is 6.54 Å². The van der Waals surface area contributed by atoms with Crippen LogP contribution in [0.3, 0.4) is 0 Å². The highest BCUT2D eigenvalue weighted by molar-refractivity contribution is 7.11. The number of amides is 1. The van der Waals surface area contributed by atoms with Gasteiger partial charge in [-0.2, -0.15) is 0 Å². The van der Waals surface area contributed by atoms with Crippen LogP contribution in [0.4, 0.5) is 4.39 Å². The molecular formula is C16H19FN2OS. The molecule has 3 nitrogen and oxygen atoms in total. The van der Waals surface area contributed by atoms with E-state index in [-0.39, 0.29) is 17.6 Å². The van der Waals surface area contributed by atoms with Crippen molar-refractivity contribution in [2.45, 2.75) is 33.7 Å². The highest BCUT2D eigenvalue weighted by Gasteiger charge is 2.11. The Bertz CT molecular complexity index is 620. The molecule has 0 aliphatic heterocycles. The van der Waals surface area contributed by atoms with E-state index >= 15 is 0 Å². The Hall–Kier alpha value is -1.75. The van der Waals surface area contributed by atoms with Crippen molar-refractivity contribution in [3.05, 3.63) is 51.2 Å². The van der Waals surface area contributed by atoms with Crippen LogP contribution in [0, 0.1) is 18.7 Å². The highest BCUT2D eigenvalue weighted by atomic mass is 32.1. The predicted molar refractivity (Wildman–Crippen MR) is 82.7 cm³/mol. The Kier molecular flexibility index (Phi) is 5.07. The molecule has 112 valence electrons. The number of aromatic nitrogens is 1. The second-order valence-electron chi connectivity index (χ2n) is 5.29. The summed E-state index contributed by atoms with van der Waals surface area (Å²) in [5.74, 6) is -0.218. The van der Waals surface area contributed by atoms with Crippen LogP contribution >= 0.6 is 11.3 Å². The number of aryl methyl sites for hydroxylation is 1. The largest absolute Gasteiger partial charge is 0.349 e. The third-order valence-corrected chi connectivity index (χ3v) is 4.31. The van der Waals surface area contributed by atoms with Gasteiger partial charge in [0, 0.05) is 17.2 Å². The van der Waals surface area contributed by atoms with E-state index in [1.807, 2.05) is 20.8 Å². The van der Waals surface area contributed by atoms with E-state index < -0.39 is 0 Å². The standard InChI is InChI=1S/C16H19FN2OS/c1-10(2)16(20)18-9-15-19-11(3)14(21-15)8-12-4-6-13(17)7-5-12/h4-7,10H,8-9H2,1-3H3,(H,18,20). The van der Waals surface area contributed by atoms with Gasteiger partial charge in [0.1, 0.15) is 10.8 Å². The van der Waals surface area contributed by atoms with Crippen molar-refractivity contribution >= 4 is 17.2 Å². The maximum absolute atomic E-state index is 12.9. The molecule has 2 aromatic rings. The number of halogens is 1. The van der Waals surface area contributed by atoms with Crippen molar-refractivity contribution in [1.29, 1.82) is 0 Å². The van der Waals surface area contributed by atoms with Crippen LogP contribution in [0.25, 0.3) is 0 Å². The van der Waals surface area contributed by atoms with Gasteiger partial charge in [-0.05, 0) is 24.6 Å². The summed E-state index contributed by atoms with van der Waals surface area (Å²) in [6.07, 6.45) is 0.738. The Morgan fingerprint density at radius 2 is 2.00 bits per heavy atom. The molecule has 21 heavy (non-hydrogen) atoms. The second-order valence-corrected chi connectivity index (χ2v) is 6.46. The zero-order valence-electron chi connectivity index (χ0n) is 12.4. The van der Waals surface area contributed by atoms with Crippen molar-refractivity contribution in [1.82, 2.24) is 10.3 Å². The molecule has 5 heteroatoms. The quantitative estimate of drug-likeness (QED) is 0.919. The number of hydrogen-bond acceptors (Lipinski definition) is 3. The van der Waals surface area contributed by atoms with Crippen molar-refractivity contribution in [3.8, 4) is 0 Å². The Morgan fingerprint density at radius 1 is 1.33 bits per heavy atom. The van der Waals surface area contributed by atoms with Crippen molar-refractivity contribution in [2.75, 3.05) is 0 Å². The van der Waals surface area contributed by atoms with Gasteiger partial charge in [0.2, 0.25) is 5.91 Å². The van der Waals surface area contributed by atoms with E-state index in [2.05, 4.69) is 10.3 Å². The van der Waals surface area contributed by atoms with Gasteiger partial charge >= 0.3 is 0 Å². The van der Waals surface area contributed by atoms with Gasteiger partial charge < -0.3 is 5.32 Å². The number of rotatable bonds is 5. The van der Waals surface area contributed by atoms with Gasteiger partial charge in [-0.1, -0.05) is 26.0 Å². The molecule has 0 radical (unpaired) electrons. The number of nitrogens with zero attached hydrogens (tertiary/aromatic N) is 1. The molecule has 2 rings (SSSR count). The normalized spacial score (nSPS) is 10.9. The minimum atomic E-state index is -0.225. The average Bonchev–Trinajstić information content (AvgIpc) is 2.79. The van der Waals surface area contributed by atoms with Gasteiger partial charge in [0.25, 0.3) is 0 Å². The Morgan fingerprint density at radius 3 is 2.62 bits per heavy atom. The number of benzene rings is 1. The van der Waals surface area contributed by atoms with E-state index in [9.17, 15) is 9.18 Å². The molecule has 0 aliphatic rings. The summed E-state index contributed by atoms with van der Waals surface area (Å²) in [5.41, 5.74) is 2.03. The van der Waals surface area contributed by atoms with Crippen LogP contribution in [0.15, 0.2) is 24.3 Å². The SMILES string of the molecule is Cc1nc(CNC(=O)C(C)C)sc1Cc1ccc(F)cc1. The molecule has 0 spiro atoms. The average molecular weight is 306 g/mol. The van der Waals surface area contributed by atoms with Crippen LogP contribution in [0.1, 0.15) is 35.0 Å². The molecule has 0 saturated heterocycles. The predicted octanol–water partition coefficient (Wildman–Crippen LogP) is 3.45. The van der Waals surface area contributed by atoms with Crippen LogP contribution in [0.5, 0.6) is 0 Å². The molecule has 1 amide bonds. The number of thiazole rings is 1. The number of carbonyl (C=O) groups is 1. The summed E-state index contributed by atoms with van der Waals surface area (Å²) in [5, 5.41) is 3.77. The minimum absolute atomic E-state index is 0.0234. The Labute approximate surface area is 128 Å². The van der Waals surface area contributed by atoms with E-state index in [4.69, 9.17) is 0 Å². The number of nitrogens with one attached hydrogen (secondary N) is 1. The molecule has 0 aliphatic carbocycles. The van der Waals surface area contributed by atoms with Crippen LogP contribution in [-0.4, -0.2) is 10.9 Å². The lowest BCUT2D eigenvalue weighted by atomic mass is 10.1. The first-order valence-corrected chi connectivity index (χ1v) is 7.74. The molecule has 0 unspecified atom stereocenters. The first kappa shape index (κ1) is 15.6. The Balaban J connectivity index is 2.02. The lowest BCUT2D eigenvalue weighted by Crippen LogP contribution is -2.26. The second kappa shape index (κ2) is 6.80. The molecule has 0 atom stereocenters. The maximum Gasteiger partial charge on any atom is 0.222 e. The van der Waals surface area contributed by atoms with E-state index in [1.165, 1.54) is 12.1 Å². The number of carbonyl (C=O) groups excluding carboxylic acids is 1. The zero-order chi connectivity index (χ0) is 15.4. The zero-order valence-corrected chi connectivity index (χ0v) is 13.3. The van der Waals surface area contributed by atoms with E-state index in [1.54, 1.807) is 23.5 Å². The van der Waals surface area contributed by atoms with Gasteiger partial charge in [0.05, 0.1) is 12.2 Å². The molecule has 1 heterocycles. The summed E-state index contributed by atoms with van der Waals surface area (Å²) in [6, 6.07) is 6.51.